The maximum Gasteiger partial charge on any atom is 0.430 e. The third kappa shape index (κ3) is 5.98. The number of aliphatic hydroxyl groups is 1. The van der Waals surface area contributed by atoms with Gasteiger partial charge in [0, 0.05) is 23.4 Å². The van der Waals surface area contributed by atoms with Crippen LogP contribution in [0.3, 0.4) is 0 Å². The molecule has 44 heavy (non-hydrogen) atoms. The molecule has 0 bridgehead atoms. The van der Waals surface area contributed by atoms with Gasteiger partial charge in [-0.05, 0) is 54.8 Å². The number of carbonyl (C=O) groups excluding carboxylic acids is 2. The summed E-state index contributed by atoms with van der Waals surface area (Å²) in [5.41, 5.74) is -7.62. The fourth-order valence-electron chi connectivity index (χ4n) is 4.56. The summed E-state index contributed by atoms with van der Waals surface area (Å²) >= 11 is 0. The number of amides is 3. The first-order chi connectivity index (χ1) is 20.4. The molecule has 1 unspecified atom stereocenters. The lowest BCUT2D eigenvalue weighted by molar-refractivity contribution is -0.376. The monoisotopic (exact) mass is 633 g/mol. The molecule has 2 aromatic carbocycles. The Morgan fingerprint density at radius 3 is 2.25 bits per heavy atom. The standard InChI is InChI=1S/C28H23F8N3O5/c1-3-16-12-17(26(42,27(31,32)33)28(34,35)36)7-9-20(16)43-19-6-4-5-15(11-19)14-39-22(40)25(2,38-24(39)41)18-8-10-21(37-13-18)44-23(29)30/h4-13,23,42H,3,14H2,1-2H3,(H,38,41). The van der Waals surface area contributed by atoms with Crippen molar-refractivity contribution >= 4 is 11.9 Å². The first-order valence-electron chi connectivity index (χ1n) is 12.7. The Balaban J connectivity index is 1.55. The number of halogens is 8. The molecule has 0 saturated carbocycles. The number of alkyl halides is 8. The van der Waals surface area contributed by atoms with Crippen molar-refractivity contribution < 1.29 is 59.3 Å². The smallest absolute Gasteiger partial charge is 0.430 e. The number of aromatic nitrogens is 1. The number of imide groups is 1. The molecule has 1 aromatic heterocycles. The molecule has 2 heterocycles. The largest absolute Gasteiger partial charge is 0.457 e. The highest BCUT2D eigenvalue weighted by Crippen LogP contribution is 2.50. The Hall–Kier alpha value is -4.47. The predicted molar refractivity (Wildman–Crippen MR) is 136 cm³/mol. The molecule has 2 N–H and O–H groups in total. The van der Waals surface area contributed by atoms with Gasteiger partial charge in [0.1, 0.15) is 17.0 Å². The van der Waals surface area contributed by atoms with Crippen LogP contribution in [0, 0.1) is 0 Å². The molecular formula is C28H23F8N3O5. The summed E-state index contributed by atoms with van der Waals surface area (Å²) in [6.07, 6.45) is -11.1. The second-order valence-corrected chi connectivity index (χ2v) is 9.84. The molecule has 3 aromatic rings. The van der Waals surface area contributed by atoms with Crippen molar-refractivity contribution in [2.45, 2.75) is 56.9 Å². The van der Waals surface area contributed by atoms with Gasteiger partial charge in [-0.15, -0.1) is 0 Å². The number of hydrogen-bond donors (Lipinski definition) is 2. The first kappa shape index (κ1) is 32.4. The Labute approximate surface area is 244 Å². The van der Waals surface area contributed by atoms with E-state index in [-0.39, 0.29) is 35.6 Å². The molecular weight excluding hydrogens is 610 g/mol. The lowest BCUT2D eigenvalue weighted by atomic mass is 9.90. The molecule has 16 heteroatoms. The molecule has 1 aliphatic heterocycles. The number of urea groups is 1. The quantitative estimate of drug-likeness (QED) is 0.212. The highest BCUT2D eigenvalue weighted by molar-refractivity contribution is 6.07. The van der Waals surface area contributed by atoms with Gasteiger partial charge in [-0.3, -0.25) is 9.69 Å². The Bertz CT molecular complexity index is 1530. The molecule has 236 valence electrons. The number of ether oxygens (including phenoxy) is 2. The number of nitrogens with zero attached hydrogens (tertiary/aromatic N) is 2. The Morgan fingerprint density at radius 2 is 1.68 bits per heavy atom. The zero-order valence-electron chi connectivity index (χ0n) is 22.8. The van der Waals surface area contributed by atoms with E-state index in [1.54, 1.807) is 0 Å². The number of pyridine rings is 1. The van der Waals surface area contributed by atoms with Gasteiger partial charge in [0.2, 0.25) is 5.88 Å². The third-order valence-corrected chi connectivity index (χ3v) is 6.95. The number of benzene rings is 2. The summed E-state index contributed by atoms with van der Waals surface area (Å²) in [6.45, 7) is -0.511. The average Bonchev–Trinajstić information content (AvgIpc) is 3.15. The summed E-state index contributed by atoms with van der Waals surface area (Å²) < 4.78 is 115. The van der Waals surface area contributed by atoms with Gasteiger partial charge >= 0.3 is 25.0 Å². The molecule has 0 spiro atoms. The number of nitrogens with one attached hydrogen (secondary N) is 1. The maximum absolute atomic E-state index is 13.3. The minimum atomic E-state index is -6.05. The molecule has 1 saturated heterocycles. The van der Waals surface area contributed by atoms with Crippen LogP contribution < -0.4 is 14.8 Å². The van der Waals surface area contributed by atoms with Crippen LogP contribution in [0.1, 0.15) is 36.1 Å². The van der Waals surface area contributed by atoms with E-state index in [0.717, 1.165) is 23.2 Å². The minimum absolute atomic E-state index is 0.0558. The highest BCUT2D eigenvalue weighted by atomic mass is 19.4. The molecule has 1 aliphatic rings. The van der Waals surface area contributed by atoms with E-state index in [1.807, 2.05) is 0 Å². The van der Waals surface area contributed by atoms with Crippen molar-refractivity contribution in [3.8, 4) is 17.4 Å². The van der Waals surface area contributed by atoms with Crippen molar-refractivity contribution in [1.82, 2.24) is 15.2 Å². The van der Waals surface area contributed by atoms with Gasteiger partial charge in [0.25, 0.3) is 11.5 Å². The van der Waals surface area contributed by atoms with E-state index in [0.29, 0.717) is 17.7 Å². The molecule has 1 fully saturated rings. The SMILES string of the molecule is CCc1cc(C(O)(C(F)(F)F)C(F)(F)F)ccc1Oc1cccc(CN2C(=O)NC(C)(c3ccc(OC(F)F)nc3)C2=O)c1. The number of carbonyl (C=O) groups is 2. The summed E-state index contributed by atoms with van der Waals surface area (Å²) in [5.74, 6) is -1.09. The normalized spacial score (nSPS) is 17.7. The zero-order chi connectivity index (χ0) is 32.7. The second-order valence-electron chi connectivity index (χ2n) is 9.84. The fourth-order valence-corrected chi connectivity index (χ4v) is 4.56. The van der Waals surface area contributed by atoms with Gasteiger partial charge in [0.15, 0.2) is 0 Å². The van der Waals surface area contributed by atoms with Crippen molar-refractivity contribution in [3.05, 3.63) is 83.0 Å². The average molecular weight is 633 g/mol. The van der Waals surface area contributed by atoms with Crippen molar-refractivity contribution in [2.24, 2.45) is 0 Å². The minimum Gasteiger partial charge on any atom is -0.457 e. The molecule has 0 radical (unpaired) electrons. The van der Waals surface area contributed by atoms with Gasteiger partial charge in [-0.25, -0.2) is 9.78 Å². The van der Waals surface area contributed by atoms with Gasteiger partial charge < -0.3 is 19.9 Å². The molecule has 1 atom stereocenters. The van der Waals surface area contributed by atoms with Crippen LogP contribution in [0.15, 0.2) is 60.8 Å². The summed E-state index contributed by atoms with van der Waals surface area (Å²) in [5, 5.41) is 12.3. The molecule has 8 nitrogen and oxygen atoms in total. The van der Waals surface area contributed by atoms with Crippen LogP contribution in [-0.4, -0.2) is 45.9 Å². The Kier molecular flexibility index (Phi) is 8.52. The number of hydrogen-bond acceptors (Lipinski definition) is 6. The predicted octanol–water partition coefficient (Wildman–Crippen LogP) is 6.32. The fraction of sp³-hybridized carbons (Fsp3) is 0.321. The van der Waals surface area contributed by atoms with Gasteiger partial charge in [0.05, 0.1) is 6.54 Å². The van der Waals surface area contributed by atoms with Crippen LogP contribution >= 0.6 is 0 Å². The van der Waals surface area contributed by atoms with E-state index in [4.69, 9.17) is 4.74 Å². The van der Waals surface area contributed by atoms with Crippen molar-refractivity contribution in [1.29, 1.82) is 0 Å². The number of rotatable bonds is 9. The van der Waals surface area contributed by atoms with Crippen LogP contribution in [-0.2, 0) is 28.9 Å². The molecule has 4 rings (SSSR count). The lowest BCUT2D eigenvalue weighted by Crippen LogP contribution is -2.53. The maximum atomic E-state index is 13.3. The molecule has 0 aliphatic carbocycles. The van der Waals surface area contributed by atoms with E-state index in [1.165, 1.54) is 44.2 Å². The van der Waals surface area contributed by atoms with E-state index in [9.17, 15) is 49.8 Å². The zero-order valence-corrected chi connectivity index (χ0v) is 22.8. The first-order valence-corrected chi connectivity index (χ1v) is 12.7. The van der Waals surface area contributed by atoms with Crippen LogP contribution in [0.5, 0.6) is 17.4 Å². The van der Waals surface area contributed by atoms with E-state index in [2.05, 4.69) is 15.0 Å². The topological polar surface area (TPSA) is 101 Å². The van der Waals surface area contributed by atoms with Crippen LogP contribution in [0.25, 0.3) is 0 Å². The lowest BCUT2D eigenvalue weighted by Gasteiger charge is -2.33. The van der Waals surface area contributed by atoms with E-state index < -0.39 is 53.5 Å². The summed E-state index contributed by atoms with van der Waals surface area (Å²) in [6, 6.07) is 9.40. The highest BCUT2D eigenvalue weighted by Gasteiger charge is 2.71. The van der Waals surface area contributed by atoms with E-state index >= 15 is 0 Å². The molecule has 3 amide bonds. The van der Waals surface area contributed by atoms with Crippen molar-refractivity contribution in [2.75, 3.05) is 0 Å². The van der Waals surface area contributed by atoms with Crippen molar-refractivity contribution in [3.63, 3.8) is 0 Å². The number of aryl methyl sites for hydroxylation is 1. The van der Waals surface area contributed by atoms with Gasteiger partial charge in [-0.2, -0.15) is 35.1 Å². The van der Waals surface area contributed by atoms with Crippen LogP contribution in [0.4, 0.5) is 39.9 Å². The van der Waals surface area contributed by atoms with Crippen LogP contribution in [0.2, 0.25) is 0 Å². The second kappa shape index (κ2) is 11.6. The Morgan fingerprint density at radius 1 is 1.00 bits per heavy atom. The van der Waals surface area contributed by atoms with Gasteiger partial charge in [-0.1, -0.05) is 25.1 Å². The summed E-state index contributed by atoms with van der Waals surface area (Å²) in [7, 11) is 0. The third-order valence-electron chi connectivity index (χ3n) is 6.95. The summed E-state index contributed by atoms with van der Waals surface area (Å²) in [4.78, 5) is 30.6.